The smallest absolute Gasteiger partial charge is 0.243 e. The topological polar surface area (TPSA) is 81.7 Å². The highest BCUT2D eigenvalue weighted by atomic mass is 16.3. The Morgan fingerprint density at radius 2 is 1.20 bits per heavy atom. The molecule has 0 aromatic carbocycles. The van der Waals surface area contributed by atoms with Gasteiger partial charge in [-0.05, 0) is 63.8 Å². The first-order valence-corrected chi connectivity index (χ1v) is 11.9. The van der Waals surface area contributed by atoms with Gasteiger partial charge in [-0.3, -0.25) is 9.59 Å². The van der Waals surface area contributed by atoms with Crippen molar-refractivity contribution < 1.29 is 14.7 Å². The van der Waals surface area contributed by atoms with Crippen LogP contribution in [0.2, 0.25) is 0 Å². The van der Waals surface area contributed by atoms with Crippen molar-refractivity contribution in [3.05, 3.63) is 24.3 Å². The number of allylic oxidation sites excluding steroid dienone is 2. The average Bonchev–Trinajstić information content (AvgIpc) is 2.73. The molecule has 0 heterocycles. The number of carbonyl (C=O) groups is 2. The number of amides is 2. The number of carbonyl (C=O) groups excluding carboxylic acids is 2. The molecule has 0 aromatic heterocycles. The molecule has 30 heavy (non-hydrogen) atoms. The Morgan fingerprint density at radius 1 is 0.733 bits per heavy atom. The van der Waals surface area contributed by atoms with Crippen molar-refractivity contribution in [2.24, 2.45) is 0 Å². The highest BCUT2D eigenvalue weighted by Gasteiger charge is 2.05. The summed E-state index contributed by atoms with van der Waals surface area (Å²) in [7, 11) is 0. The molecular weight excluding hydrogens is 378 g/mol. The van der Waals surface area contributed by atoms with Gasteiger partial charge in [0.05, 0.1) is 6.61 Å². The molecule has 0 unspecified atom stereocenters. The number of hydrogen-bond donors (Lipinski definition) is 3. The minimum absolute atomic E-state index is 0.0364. The third kappa shape index (κ3) is 19.6. The summed E-state index contributed by atoms with van der Waals surface area (Å²) in [6, 6.07) is 0. The maximum Gasteiger partial charge on any atom is 0.243 e. The lowest BCUT2D eigenvalue weighted by Gasteiger charge is -2.21. The van der Waals surface area contributed by atoms with Gasteiger partial charge in [-0.2, -0.15) is 0 Å². The normalized spacial score (nSPS) is 11.6. The van der Waals surface area contributed by atoms with E-state index in [2.05, 4.69) is 29.4 Å². The van der Waals surface area contributed by atoms with Gasteiger partial charge < -0.3 is 20.6 Å². The maximum atomic E-state index is 11.8. The second-order valence-electron chi connectivity index (χ2n) is 7.65. The molecule has 174 valence electrons. The molecule has 0 saturated carbocycles. The first kappa shape index (κ1) is 28.3. The highest BCUT2D eigenvalue weighted by Crippen LogP contribution is 2.00. The zero-order chi connectivity index (χ0) is 22.3. The van der Waals surface area contributed by atoms with Crippen LogP contribution in [0, 0.1) is 0 Å². The largest absolute Gasteiger partial charge is 0.395 e. The third-order valence-electron chi connectivity index (χ3n) is 4.80. The van der Waals surface area contributed by atoms with Gasteiger partial charge in [-0.15, -0.1) is 0 Å². The predicted octanol–water partition coefficient (Wildman–Crippen LogP) is 3.57. The standard InChI is InChI=1S/C24H45N3O3/c1-3-5-7-9-11-15-23(29)25-17-13-19-27(21-22-28)20-14-18-26-24(30)16-12-10-8-6-4-2/h11-12,15-16,28H,3-10,13-14,17-22H2,1-2H3,(H,25,29)(H,26,30)/b15-11+,16-12+. The molecular formula is C24H45N3O3. The highest BCUT2D eigenvalue weighted by molar-refractivity contribution is 5.87. The molecule has 6 heteroatoms. The molecule has 0 spiro atoms. The summed E-state index contributed by atoms with van der Waals surface area (Å²) in [6.45, 7) is 7.93. The van der Waals surface area contributed by atoms with Crippen LogP contribution >= 0.6 is 0 Å². The summed E-state index contributed by atoms with van der Waals surface area (Å²) in [5.41, 5.74) is 0. The number of nitrogens with zero attached hydrogens (tertiary/aromatic N) is 1. The van der Waals surface area contributed by atoms with Gasteiger partial charge in [0.2, 0.25) is 11.8 Å². The van der Waals surface area contributed by atoms with E-state index in [9.17, 15) is 14.7 Å². The number of aliphatic hydroxyl groups excluding tert-OH is 1. The summed E-state index contributed by atoms with van der Waals surface area (Å²) < 4.78 is 0. The van der Waals surface area contributed by atoms with E-state index >= 15 is 0 Å². The molecule has 3 N–H and O–H groups in total. The first-order valence-electron chi connectivity index (χ1n) is 11.9. The van der Waals surface area contributed by atoms with Crippen LogP contribution in [0.4, 0.5) is 0 Å². The molecule has 0 rings (SSSR count). The van der Waals surface area contributed by atoms with E-state index in [1.807, 2.05) is 12.2 Å². The Bertz CT molecular complexity index is 438. The van der Waals surface area contributed by atoms with Crippen molar-refractivity contribution >= 4 is 11.8 Å². The Morgan fingerprint density at radius 3 is 1.60 bits per heavy atom. The predicted molar refractivity (Wildman–Crippen MR) is 125 cm³/mol. The second-order valence-corrected chi connectivity index (χ2v) is 7.65. The lowest BCUT2D eigenvalue weighted by atomic mass is 10.2. The van der Waals surface area contributed by atoms with Crippen LogP contribution < -0.4 is 10.6 Å². The molecule has 6 nitrogen and oxygen atoms in total. The van der Waals surface area contributed by atoms with Crippen LogP contribution in [0.15, 0.2) is 24.3 Å². The van der Waals surface area contributed by atoms with E-state index in [0.29, 0.717) is 19.6 Å². The third-order valence-corrected chi connectivity index (χ3v) is 4.80. The summed E-state index contributed by atoms with van der Waals surface area (Å²) in [4.78, 5) is 25.7. The van der Waals surface area contributed by atoms with Crippen molar-refractivity contribution in [1.29, 1.82) is 0 Å². The van der Waals surface area contributed by atoms with Crippen LogP contribution in [0.3, 0.4) is 0 Å². The summed E-state index contributed by atoms with van der Waals surface area (Å²) in [6.07, 6.45) is 17.8. The van der Waals surface area contributed by atoms with Gasteiger partial charge in [-0.25, -0.2) is 0 Å². The van der Waals surface area contributed by atoms with Gasteiger partial charge in [0, 0.05) is 19.6 Å². The van der Waals surface area contributed by atoms with E-state index in [0.717, 1.165) is 51.6 Å². The molecule has 0 aromatic rings. The molecule has 0 aliphatic carbocycles. The molecule has 0 radical (unpaired) electrons. The number of aliphatic hydroxyl groups is 1. The van der Waals surface area contributed by atoms with Gasteiger partial charge in [0.25, 0.3) is 0 Å². The zero-order valence-corrected chi connectivity index (χ0v) is 19.3. The maximum absolute atomic E-state index is 11.8. The molecule has 0 saturated heterocycles. The number of rotatable bonds is 20. The Kier molecular flexibility index (Phi) is 20.8. The van der Waals surface area contributed by atoms with Crippen molar-refractivity contribution in [2.45, 2.75) is 78.1 Å². The van der Waals surface area contributed by atoms with Crippen molar-refractivity contribution in [3.8, 4) is 0 Å². The average molecular weight is 424 g/mol. The fourth-order valence-electron chi connectivity index (χ4n) is 3.03. The van der Waals surface area contributed by atoms with Crippen LogP contribution in [-0.4, -0.2) is 61.2 Å². The van der Waals surface area contributed by atoms with Crippen molar-refractivity contribution in [1.82, 2.24) is 15.5 Å². The lowest BCUT2D eigenvalue weighted by molar-refractivity contribution is -0.117. The number of hydrogen-bond acceptors (Lipinski definition) is 4. The van der Waals surface area contributed by atoms with E-state index < -0.39 is 0 Å². The quantitative estimate of drug-likeness (QED) is 0.207. The lowest BCUT2D eigenvalue weighted by Crippen LogP contribution is -2.34. The van der Waals surface area contributed by atoms with Crippen LogP contribution in [0.25, 0.3) is 0 Å². The molecule has 0 bridgehead atoms. The minimum atomic E-state index is -0.0364. The zero-order valence-electron chi connectivity index (χ0n) is 19.3. The van der Waals surface area contributed by atoms with Gasteiger partial charge in [-0.1, -0.05) is 51.7 Å². The van der Waals surface area contributed by atoms with E-state index in [4.69, 9.17) is 0 Å². The van der Waals surface area contributed by atoms with Gasteiger partial charge >= 0.3 is 0 Å². The SMILES string of the molecule is CCCCC/C=C/C(=O)NCCCN(CCO)CCCNC(=O)/C=C/CCCCC. The van der Waals surface area contributed by atoms with E-state index in [-0.39, 0.29) is 18.4 Å². The summed E-state index contributed by atoms with van der Waals surface area (Å²) in [5, 5.41) is 15.1. The van der Waals surface area contributed by atoms with Crippen LogP contribution in [0.5, 0.6) is 0 Å². The van der Waals surface area contributed by atoms with E-state index in [1.54, 1.807) is 12.2 Å². The summed E-state index contributed by atoms with van der Waals surface area (Å²) >= 11 is 0. The fraction of sp³-hybridized carbons (Fsp3) is 0.750. The molecule has 0 atom stereocenters. The second kappa shape index (κ2) is 22.0. The number of unbranched alkanes of at least 4 members (excludes halogenated alkanes) is 6. The first-order chi connectivity index (χ1) is 14.6. The minimum Gasteiger partial charge on any atom is -0.395 e. The van der Waals surface area contributed by atoms with Crippen LogP contribution in [-0.2, 0) is 9.59 Å². The van der Waals surface area contributed by atoms with Crippen molar-refractivity contribution in [3.63, 3.8) is 0 Å². The Labute approximate surface area is 184 Å². The summed E-state index contributed by atoms with van der Waals surface area (Å²) in [5.74, 6) is -0.0728. The van der Waals surface area contributed by atoms with E-state index in [1.165, 1.54) is 25.7 Å². The monoisotopic (exact) mass is 423 g/mol. The van der Waals surface area contributed by atoms with Gasteiger partial charge in [0.1, 0.15) is 0 Å². The molecule has 2 amide bonds. The fourth-order valence-corrected chi connectivity index (χ4v) is 3.03. The van der Waals surface area contributed by atoms with Crippen LogP contribution in [0.1, 0.15) is 78.1 Å². The Hall–Kier alpha value is -1.66. The molecule has 0 aliphatic rings. The van der Waals surface area contributed by atoms with Crippen molar-refractivity contribution in [2.75, 3.05) is 39.3 Å². The Balaban J connectivity index is 3.84. The number of nitrogens with one attached hydrogen (secondary N) is 2. The van der Waals surface area contributed by atoms with Gasteiger partial charge in [0.15, 0.2) is 0 Å². The molecule has 0 aliphatic heterocycles. The molecule has 0 fully saturated rings.